The summed E-state index contributed by atoms with van der Waals surface area (Å²) >= 11 is 0. The molecule has 1 saturated heterocycles. The second-order valence-corrected chi connectivity index (χ2v) is 10.3. The number of sulfonamides is 1. The van der Waals surface area contributed by atoms with Crippen LogP contribution in [0.3, 0.4) is 0 Å². The lowest BCUT2D eigenvalue weighted by molar-refractivity contribution is -0.131. The second-order valence-electron chi connectivity index (χ2n) is 8.33. The Bertz CT molecular complexity index is 1020. The van der Waals surface area contributed by atoms with E-state index in [0.717, 1.165) is 36.3 Å². The van der Waals surface area contributed by atoms with Crippen LogP contribution in [0.2, 0.25) is 0 Å². The molecule has 0 spiro atoms. The lowest BCUT2D eigenvalue weighted by Crippen LogP contribution is -2.39. The van der Waals surface area contributed by atoms with Crippen molar-refractivity contribution in [3.8, 4) is 0 Å². The van der Waals surface area contributed by atoms with E-state index in [1.165, 1.54) is 12.8 Å². The van der Waals surface area contributed by atoms with E-state index in [9.17, 15) is 13.2 Å². The van der Waals surface area contributed by atoms with Crippen LogP contribution in [0.25, 0.3) is 0 Å². The van der Waals surface area contributed by atoms with Crippen LogP contribution in [0.1, 0.15) is 47.7 Å². The molecular formula is C23H29N3O3S. The maximum absolute atomic E-state index is 13.2. The lowest BCUT2D eigenvalue weighted by atomic mass is 10.0. The van der Waals surface area contributed by atoms with Gasteiger partial charge in [0.25, 0.3) is 0 Å². The summed E-state index contributed by atoms with van der Waals surface area (Å²) < 4.78 is 26.7. The third-order valence-electron chi connectivity index (χ3n) is 6.30. The van der Waals surface area contributed by atoms with Crippen molar-refractivity contribution in [2.24, 2.45) is 0 Å². The highest BCUT2D eigenvalue weighted by atomic mass is 32.2. The maximum Gasteiger partial charge on any atom is 0.239 e. The molecule has 0 bridgehead atoms. The number of anilines is 1. The van der Waals surface area contributed by atoms with E-state index < -0.39 is 15.3 Å². The highest BCUT2D eigenvalue weighted by molar-refractivity contribution is 7.93. The van der Waals surface area contributed by atoms with Gasteiger partial charge in [-0.3, -0.25) is 9.52 Å². The van der Waals surface area contributed by atoms with Gasteiger partial charge < -0.3 is 9.80 Å². The van der Waals surface area contributed by atoms with Gasteiger partial charge in [0.05, 0.1) is 18.2 Å². The largest absolute Gasteiger partial charge is 0.337 e. The number of benzene rings is 2. The number of hydrogen-bond donors (Lipinski definition) is 1. The fourth-order valence-corrected chi connectivity index (χ4v) is 5.57. The number of hydrogen-bond acceptors (Lipinski definition) is 4. The molecule has 0 radical (unpaired) electrons. The second kappa shape index (κ2) is 8.40. The Morgan fingerprint density at radius 3 is 2.57 bits per heavy atom. The monoisotopic (exact) mass is 427 g/mol. The zero-order valence-corrected chi connectivity index (χ0v) is 18.4. The topological polar surface area (TPSA) is 69.7 Å². The number of carbonyl (C=O) groups is 1. The van der Waals surface area contributed by atoms with Crippen molar-refractivity contribution in [2.75, 3.05) is 31.4 Å². The molecule has 0 aromatic heterocycles. The van der Waals surface area contributed by atoms with Gasteiger partial charge in [-0.2, -0.15) is 0 Å². The number of nitrogens with one attached hydrogen (secondary N) is 1. The molecule has 6 nitrogen and oxygen atoms in total. The van der Waals surface area contributed by atoms with Gasteiger partial charge in [-0.15, -0.1) is 0 Å². The third kappa shape index (κ3) is 4.23. The van der Waals surface area contributed by atoms with Crippen molar-refractivity contribution < 1.29 is 13.2 Å². The Kier molecular flexibility index (Phi) is 5.84. The first-order valence-electron chi connectivity index (χ1n) is 10.5. The minimum Gasteiger partial charge on any atom is -0.337 e. The molecule has 2 aromatic rings. The normalized spacial score (nSPS) is 21.1. The summed E-state index contributed by atoms with van der Waals surface area (Å²) in [4.78, 5) is 17.5. The average molecular weight is 428 g/mol. The molecule has 0 saturated carbocycles. The van der Waals surface area contributed by atoms with Crippen LogP contribution >= 0.6 is 0 Å². The Morgan fingerprint density at radius 1 is 1.17 bits per heavy atom. The van der Waals surface area contributed by atoms with Crippen molar-refractivity contribution in [1.82, 2.24) is 9.80 Å². The molecule has 1 fully saturated rings. The first kappa shape index (κ1) is 20.9. The maximum atomic E-state index is 13.2. The Balaban J connectivity index is 1.52. The van der Waals surface area contributed by atoms with Crippen LogP contribution in [0, 0.1) is 0 Å². The fraction of sp³-hybridized carbons (Fsp3) is 0.435. The van der Waals surface area contributed by atoms with Gasteiger partial charge in [0.15, 0.2) is 0 Å². The predicted molar refractivity (Wildman–Crippen MR) is 119 cm³/mol. The molecule has 30 heavy (non-hydrogen) atoms. The Labute approximate surface area is 178 Å². The molecule has 4 rings (SSSR count). The quantitative estimate of drug-likeness (QED) is 0.768. The van der Waals surface area contributed by atoms with Crippen molar-refractivity contribution in [2.45, 2.75) is 37.5 Å². The third-order valence-corrected chi connectivity index (χ3v) is 7.99. The van der Waals surface area contributed by atoms with E-state index in [1.807, 2.05) is 42.3 Å². The van der Waals surface area contributed by atoms with Gasteiger partial charge >= 0.3 is 0 Å². The van der Waals surface area contributed by atoms with Crippen LogP contribution in [0.5, 0.6) is 0 Å². The molecule has 2 aliphatic heterocycles. The van der Waals surface area contributed by atoms with Crippen molar-refractivity contribution in [3.63, 3.8) is 0 Å². The number of likely N-dealkylation sites (N-methyl/N-ethyl adjacent to an activating group) is 1. The fourth-order valence-electron chi connectivity index (χ4n) is 4.37. The molecule has 2 heterocycles. The van der Waals surface area contributed by atoms with Crippen molar-refractivity contribution >= 4 is 21.6 Å². The molecular weight excluding hydrogens is 398 g/mol. The van der Waals surface area contributed by atoms with Crippen LogP contribution in [0.4, 0.5) is 5.69 Å². The van der Waals surface area contributed by atoms with Crippen LogP contribution in [-0.4, -0.2) is 50.8 Å². The summed E-state index contributed by atoms with van der Waals surface area (Å²) in [7, 11) is -1.49. The summed E-state index contributed by atoms with van der Waals surface area (Å²) in [5.41, 5.74) is 3.32. The van der Waals surface area contributed by atoms with Crippen LogP contribution in [0.15, 0.2) is 48.5 Å². The van der Waals surface area contributed by atoms with E-state index in [0.29, 0.717) is 5.69 Å². The molecule has 2 aromatic carbocycles. The highest BCUT2D eigenvalue weighted by Crippen LogP contribution is 2.37. The summed E-state index contributed by atoms with van der Waals surface area (Å²) in [6.45, 7) is 4.66. The molecule has 2 aliphatic rings. The molecule has 1 amide bonds. The first-order valence-corrected chi connectivity index (χ1v) is 12.1. The van der Waals surface area contributed by atoms with E-state index in [1.54, 1.807) is 13.0 Å². The van der Waals surface area contributed by atoms with E-state index in [4.69, 9.17) is 0 Å². The van der Waals surface area contributed by atoms with Gasteiger partial charge in [-0.25, -0.2) is 8.42 Å². The lowest BCUT2D eigenvalue weighted by Gasteiger charge is -2.32. The van der Waals surface area contributed by atoms with E-state index in [2.05, 4.69) is 21.8 Å². The van der Waals surface area contributed by atoms with Gasteiger partial charge in [-0.05, 0) is 55.6 Å². The summed E-state index contributed by atoms with van der Waals surface area (Å²) in [6.07, 6.45) is 2.67. The summed E-state index contributed by atoms with van der Waals surface area (Å²) in [5, 5.41) is -0.604. The van der Waals surface area contributed by atoms with Crippen molar-refractivity contribution in [1.29, 1.82) is 0 Å². The van der Waals surface area contributed by atoms with Crippen molar-refractivity contribution in [3.05, 3.63) is 65.2 Å². The highest BCUT2D eigenvalue weighted by Gasteiger charge is 2.33. The number of nitrogens with zero attached hydrogens (tertiary/aromatic N) is 2. The van der Waals surface area contributed by atoms with Gasteiger partial charge in [-0.1, -0.05) is 42.5 Å². The number of fused-ring (bicyclic) bond motifs is 1. The van der Waals surface area contributed by atoms with Crippen LogP contribution < -0.4 is 4.72 Å². The molecule has 160 valence electrons. The summed E-state index contributed by atoms with van der Waals surface area (Å²) in [6, 6.07) is 15.6. The smallest absolute Gasteiger partial charge is 0.239 e. The van der Waals surface area contributed by atoms with Crippen LogP contribution in [-0.2, 0) is 21.2 Å². The molecule has 2 atom stereocenters. The Hall–Kier alpha value is -2.38. The molecule has 7 heteroatoms. The van der Waals surface area contributed by atoms with E-state index in [-0.39, 0.29) is 18.4 Å². The first-order chi connectivity index (χ1) is 14.3. The number of likely N-dealkylation sites (tertiary alicyclic amines) is 1. The SMILES string of the molecule is CC1c2cc(CC(=O)N(C)[C@H](CN3CCCC3)c3ccccc3)ccc2NS1(=O)=O. The van der Waals surface area contributed by atoms with E-state index >= 15 is 0 Å². The number of carbonyl (C=O) groups excluding carboxylic acids is 1. The Morgan fingerprint density at radius 2 is 1.87 bits per heavy atom. The zero-order chi connectivity index (χ0) is 21.3. The zero-order valence-electron chi connectivity index (χ0n) is 17.5. The number of rotatable bonds is 6. The molecule has 1 N–H and O–H groups in total. The molecule has 1 unspecified atom stereocenters. The minimum absolute atomic E-state index is 0.00723. The predicted octanol–water partition coefficient (Wildman–Crippen LogP) is 3.34. The van der Waals surface area contributed by atoms with Gasteiger partial charge in [0, 0.05) is 13.6 Å². The van der Waals surface area contributed by atoms with Gasteiger partial charge in [0.2, 0.25) is 15.9 Å². The molecule has 0 aliphatic carbocycles. The standard InChI is InChI=1S/C23H29N3O3S/c1-17-20-14-18(10-11-21(20)24-30(17,28)29)15-23(27)25(2)22(16-26-12-6-7-13-26)19-8-4-3-5-9-19/h3-5,8-11,14,17,22,24H,6-7,12-13,15-16H2,1-2H3/t17?,22-/m1/s1. The van der Waals surface area contributed by atoms with Gasteiger partial charge in [0.1, 0.15) is 5.25 Å². The summed E-state index contributed by atoms with van der Waals surface area (Å²) in [5.74, 6) is 0.0319. The average Bonchev–Trinajstić information content (AvgIpc) is 3.33. The number of amides is 1. The minimum atomic E-state index is -3.36.